The minimum Gasteiger partial charge on any atom is -0.289 e. The highest BCUT2D eigenvalue weighted by Crippen LogP contribution is 2.19. The number of halogens is 1. The van der Waals surface area contributed by atoms with Gasteiger partial charge in [-0.2, -0.15) is 4.31 Å². The van der Waals surface area contributed by atoms with Crippen molar-refractivity contribution in [3.8, 4) is 0 Å². The summed E-state index contributed by atoms with van der Waals surface area (Å²) in [6, 6.07) is 14.4. The first-order valence-electron chi connectivity index (χ1n) is 6.66. The van der Waals surface area contributed by atoms with Crippen LogP contribution in [0, 0.1) is 0 Å². The highest BCUT2D eigenvalue weighted by Gasteiger charge is 2.26. The van der Waals surface area contributed by atoms with Gasteiger partial charge in [0.2, 0.25) is 10.0 Å². The molecule has 0 spiro atoms. The minimum absolute atomic E-state index is 0.0260. The molecule has 122 valence electrons. The van der Waals surface area contributed by atoms with Gasteiger partial charge in [-0.25, -0.2) is 13.9 Å². The van der Waals surface area contributed by atoms with E-state index >= 15 is 0 Å². The van der Waals surface area contributed by atoms with Gasteiger partial charge in [-0.05, 0) is 29.8 Å². The zero-order valence-corrected chi connectivity index (χ0v) is 13.6. The van der Waals surface area contributed by atoms with Gasteiger partial charge in [0.25, 0.3) is 5.91 Å². The van der Waals surface area contributed by atoms with Crippen molar-refractivity contribution in [2.24, 2.45) is 0 Å². The summed E-state index contributed by atoms with van der Waals surface area (Å²) in [5.74, 6) is -0.821. The number of nitrogens with zero attached hydrogens (tertiary/aromatic N) is 1. The molecule has 1 amide bonds. The number of rotatable bonds is 6. The summed E-state index contributed by atoms with van der Waals surface area (Å²) in [5, 5.41) is 9.21. The lowest BCUT2D eigenvalue weighted by Crippen LogP contribution is -2.39. The summed E-state index contributed by atoms with van der Waals surface area (Å²) >= 11 is 5.81. The molecule has 0 saturated heterocycles. The Morgan fingerprint density at radius 2 is 1.70 bits per heavy atom. The summed E-state index contributed by atoms with van der Waals surface area (Å²) in [6.07, 6.45) is 0. The van der Waals surface area contributed by atoms with Crippen LogP contribution in [0.5, 0.6) is 0 Å². The standard InChI is InChI=1S/C15H15ClN2O4S/c16-13-8-6-12(7-9-13)10-18(11-15(19)17-20)23(21,22)14-4-2-1-3-5-14/h1-9,20H,10-11H2,(H,17,19). The summed E-state index contributed by atoms with van der Waals surface area (Å²) in [5.41, 5.74) is 2.11. The number of benzene rings is 2. The number of carbonyl (C=O) groups is 1. The van der Waals surface area contributed by atoms with Crippen LogP contribution in [0.4, 0.5) is 0 Å². The van der Waals surface area contributed by atoms with Crippen molar-refractivity contribution in [1.29, 1.82) is 0 Å². The lowest BCUT2D eigenvalue weighted by atomic mass is 10.2. The fraction of sp³-hybridized carbons (Fsp3) is 0.133. The average molecular weight is 355 g/mol. The largest absolute Gasteiger partial charge is 0.289 e. The van der Waals surface area contributed by atoms with Gasteiger partial charge in [-0.3, -0.25) is 10.0 Å². The van der Waals surface area contributed by atoms with Gasteiger partial charge >= 0.3 is 0 Å². The zero-order valence-electron chi connectivity index (χ0n) is 12.0. The van der Waals surface area contributed by atoms with Crippen molar-refractivity contribution in [2.75, 3.05) is 6.54 Å². The van der Waals surface area contributed by atoms with E-state index in [0.717, 1.165) is 4.31 Å². The summed E-state index contributed by atoms with van der Waals surface area (Å²) in [4.78, 5) is 11.5. The molecule has 0 atom stereocenters. The quantitative estimate of drug-likeness (QED) is 0.614. The predicted octanol–water partition coefficient (Wildman–Crippen LogP) is 2.04. The molecule has 2 aromatic carbocycles. The van der Waals surface area contributed by atoms with E-state index in [1.54, 1.807) is 42.5 Å². The fourth-order valence-corrected chi connectivity index (χ4v) is 3.49. The van der Waals surface area contributed by atoms with Crippen LogP contribution >= 0.6 is 11.6 Å². The molecule has 0 unspecified atom stereocenters. The van der Waals surface area contributed by atoms with Crippen LogP contribution in [0.1, 0.15) is 5.56 Å². The third kappa shape index (κ3) is 4.52. The number of carbonyl (C=O) groups excluding carboxylic acids is 1. The maximum atomic E-state index is 12.7. The average Bonchev–Trinajstić information content (AvgIpc) is 2.56. The second-order valence-electron chi connectivity index (χ2n) is 4.75. The van der Waals surface area contributed by atoms with Crippen molar-refractivity contribution < 1.29 is 18.4 Å². The maximum absolute atomic E-state index is 12.7. The molecule has 0 bridgehead atoms. The van der Waals surface area contributed by atoms with Crippen LogP contribution in [0.3, 0.4) is 0 Å². The number of sulfonamides is 1. The number of nitrogens with one attached hydrogen (secondary N) is 1. The number of hydrogen-bond acceptors (Lipinski definition) is 4. The first-order valence-corrected chi connectivity index (χ1v) is 8.48. The van der Waals surface area contributed by atoms with E-state index in [0.29, 0.717) is 10.6 Å². The minimum atomic E-state index is -3.89. The molecule has 0 fully saturated rings. The van der Waals surface area contributed by atoms with Crippen LogP contribution in [0.15, 0.2) is 59.5 Å². The molecule has 0 radical (unpaired) electrons. The molecular weight excluding hydrogens is 340 g/mol. The van der Waals surface area contributed by atoms with Gasteiger partial charge in [0, 0.05) is 11.6 Å². The van der Waals surface area contributed by atoms with Crippen molar-refractivity contribution in [3.63, 3.8) is 0 Å². The molecule has 6 nitrogen and oxygen atoms in total. The number of amides is 1. The van der Waals surface area contributed by atoms with Crippen molar-refractivity contribution in [2.45, 2.75) is 11.4 Å². The normalized spacial score (nSPS) is 11.4. The smallest absolute Gasteiger partial charge is 0.258 e. The third-order valence-electron chi connectivity index (χ3n) is 3.10. The lowest BCUT2D eigenvalue weighted by Gasteiger charge is -2.21. The Kier molecular flexibility index (Phi) is 5.73. The predicted molar refractivity (Wildman–Crippen MR) is 85.4 cm³/mol. The Morgan fingerprint density at radius 3 is 2.26 bits per heavy atom. The highest BCUT2D eigenvalue weighted by molar-refractivity contribution is 7.89. The maximum Gasteiger partial charge on any atom is 0.258 e. The molecule has 8 heteroatoms. The summed E-state index contributed by atoms with van der Waals surface area (Å²) in [6.45, 7) is -0.530. The Hall–Kier alpha value is -1.93. The molecule has 2 aromatic rings. The topological polar surface area (TPSA) is 86.7 Å². The second kappa shape index (κ2) is 7.56. The van der Waals surface area contributed by atoms with Gasteiger partial charge in [-0.1, -0.05) is 41.9 Å². The molecular formula is C15H15ClN2O4S. The number of hydrogen-bond donors (Lipinski definition) is 2. The monoisotopic (exact) mass is 354 g/mol. The zero-order chi connectivity index (χ0) is 16.9. The first-order chi connectivity index (χ1) is 10.9. The Morgan fingerprint density at radius 1 is 1.09 bits per heavy atom. The first kappa shape index (κ1) is 17.4. The van der Waals surface area contributed by atoms with Crippen LogP contribution < -0.4 is 5.48 Å². The van der Waals surface area contributed by atoms with Gasteiger partial charge in [0.05, 0.1) is 11.4 Å². The molecule has 2 rings (SSSR count). The lowest BCUT2D eigenvalue weighted by molar-refractivity contribution is -0.129. The molecule has 23 heavy (non-hydrogen) atoms. The van der Waals surface area contributed by atoms with E-state index in [1.807, 2.05) is 0 Å². The van der Waals surface area contributed by atoms with Gasteiger partial charge in [0.1, 0.15) is 0 Å². The Balaban J connectivity index is 2.33. The molecule has 0 aliphatic carbocycles. The number of hydroxylamine groups is 1. The fourth-order valence-electron chi connectivity index (χ4n) is 1.96. The molecule has 0 aliphatic rings. The summed E-state index contributed by atoms with van der Waals surface area (Å²) < 4.78 is 26.4. The van der Waals surface area contributed by atoms with Crippen molar-refractivity contribution in [1.82, 2.24) is 9.79 Å². The second-order valence-corrected chi connectivity index (χ2v) is 7.12. The van der Waals surface area contributed by atoms with Gasteiger partial charge in [0.15, 0.2) is 0 Å². The van der Waals surface area contributed by atoms with Crippen LogP contribution in [0.2, 0.25) is 5.02 Å². The molecule has 0 heterocycles. The molecule has 0 aliphatic heterocycles. The van der Waals surface area contributed by atoms with E-state index < -0.39 is 22.5 Å². The van der Waals surface area contributed by atoms with E-state index in [-0.39, 0.29) is 11.4 Å². The van der Waals surface area contributed by atoms with Crippen LogP contribution in [-0.4, -0.2) is 30.4 Å². The van der Waals surface area contributed by atoms with Crippen molar-refractivity contribution >= 4 is 27.5 Å². The molecule has 0 aromatic heterocycles. The third-order valence-corrected chi connectivity index (χ3v) is 5.16. The van der Waals surface area contributed by atoms with E-state index in [1.165, 1.54) is 17.6 Å². The molecule has 0 saturated carbocycles. The van der Waals surface area contributed by atoms with Gasteiger partial charge in [-0.15, -0.1) is 0 Å². The van der Waals surface area contributed by atoms with Crippen LogP contribution in [0.25, 0.3) is 0 Å². The van der Waals surface area contributed by atoms with E-state index in [4.69, 9.17) is 16.8 Å². The van der Waals surface area contributed by atoms with Crippen molar-refractivity contribution in [3.05, 3.63) is 65.2 Å². The summed E-state index contributed by atoms with van der Waals surface area (Å²) in [7, 11) is -3.89. The highest BCUT2D eigenvalue weighted by atomic mass is 35.5. The van der Waals surface area contributed by atoms with E-state index in [9.17, 15) is 13.2 Å². The van der Waals surface area contributed by atoms with Gasteiger partial charge < -0.3 is 0 Å². The molecule has 2 N–H and O–H groups in total. The van der Waals surface area contributed by atoms with E-state index in [2.05, 4.69) is 0 Å². The SMILES string of the molecule is O=C(CN(Cc1ccc(Cl)cc1)S(=O)(=O)c1ccccc1)NO. The Bertz CT molecular complexity index is 764. The van der Waals surface area contributed by atoms with Crippen LogP contribution in [-0.2, 0) is 21.4 Å². The Labute approximate surface area is 139 Å².